The molecule has 9 aromatic heterocycles. The molecule has 35 heteroatoms. The molecule has 4 aliphatic rings. The molecule has 13 heterocycles. The van der Waals surface area contributed by atoms with Crippen molar-refractivity contribution in [3.8, 4) is 45.8 Å². The van der Waals surface area contributed by atoms with Gasteiger partial charge in [-0.15, -0.1) is 10.2 Å². The second-order valence-electron chi connectivity index (χ2n) is 32.2. The van der Waals surface area contributed by atoms with Gasteiger partial charge >= 0.3 is 0 Å². The average molecular weight is 1800 g/mol. The van der Waals surface area contributed by atoms with Crippen LogP contribution in [0.25, 0.3) is 66.6 Å². The van der Waals surface area contributed by atoms with Crippen molar-refractivity contribution in [2.75, 3.05) is 48.7 Å². The number of anilines is 4. The van der Waals surface area contributed by atoms with E-state index in [1.165, 1.54) is 43.0 Å². The molecule has 9 aromatic carbocycles. The van der Waals surface area contributed by atoms with Gasteiger partial charge in [0.25, 0.3) is 45.9 Å². The normalized spacial score (nSPS) is 15.0. The third-order valence-electron chi connectivity index (χ3n) is 23.2. The molecule has 4 amide bonds. The van der Waals surface area contributed by atoms with E-state index in [0.717, 1.165) is 77.7 Å². The molecule has 674 valence electrons. The first-order valence-corrected chi connectivity index (χ1v) is 43.5. The first-order valence-electron chi connectivity index (χ1n) is 43.5. The molecule has 22 rings (SSSR count). The van der Waals surface area contributed by atoms with Crippen molar-refractivity contribution >= 4 is 91.6 Å². The number of hydrogen-bond acceptors (Lipinski definition) is 22. The molecule has 20 bridgehead atoms. The van der Waals surface area contributed by atoms with Crippen molar-refractivity contribution in [3.05, 3.63) is 371 Å². The Morgan fingerprint density at radius 3 is 1.44 bits per heavy atom. The zero-order chi connectivity index (χ0) is 92.7. The predicted octanol–water partition coefficient (Wildman–Crippen LogP) is 12.5. The number of allylic oxidation sites excluding steroid dienone is 1. The Morgan fingerprint density at radius 1 is 0.400 bits per heavy atom. The number of methoxy groups -OCH3 is 2. The van der Waals surface area contributed by atoms with Crippen molar-refractivity contribution in [2.24, 2.45) is 0 Å². The van der Waals surface area contributed by atoms with Gasteiger partial charge in [-0.05, 0) is 156 Å². The summed E-state index contributed by atoms with van der Waals surface area (Å²) in [6, 6.07) is 75.4. The van der Waals surface area contributed by atoms with Crippen LogP contribution in [0.1, 0.15) is 95.1 Å². The molecule has 4 aliphatic heterocycles. The number of nitrogens with one attached hydrogen (secondary N) is 4. The molecule has 2 atom stereocenters. The van der Waals surface area contributed by atoms with Gasteiger partial charge in [-0.1, -0.05) is 104 Å². The highest BCUT2D eigenvalue weighted by Crippen LogP contribution is 2.32. The number of imidazole rings is 4. The summed E-state index contributed by atoms with van der Waals surface area (Å²) in [7, 11) is 3.18. The summed E-state index contributed by atoms with van der Waals surface area (Å²) < 4.78 is 37.0. The van der Waals surface area contributed by atoms with Gasteiger partial charge in [0, 0.05) is 108 Å². The van der Waals surface area contributed by atoms with Gasteiger partial charge in [-0.25, -0.2) is 38.7 Å². The third kappa shape index (κ3) is 19.1. The molecule has 35 nitrogen and oxygen atoms in total. The number of nitrogens with zero attached hydrogens (tertiary/aromatic N) is 18. The molecule has 5 N–H and O–H groups in total. The Balaban J connectivity index is 0.000000116. The van der Waals surface area contributed by atoms with Crippen LogP contribution in [0.4, 0.5) is 23.8 Å². The molecular weight excluding hydrogens is 1720 g/mol. The lowest BCUT2D eigenvalue weighted by Gasteiger charge is -2.19. The molecular formula is C100H86N22O13. The van der Waals surface area contributed by atoms with E-state index in [1.807, 2.05) is 171 Å². The van der Waals surface area contributed by atoms with Crippen molar-refractivity contribution in [3.63, 3.8) is 0 Å². The summed E-state index contributed by atoms with van der Waals surface area (Å²) in [6.07, 6.45) is 7.61. The minimum absolute atomic E-state index is 0.178. The Labute approximate surface area is 767 Å². The number of benzene rings is 9. The van der Waals surface area contributed by atoms with Crippen LogP contribution in [0.5, 0.6) is 23.3 Å². The fourth-order valence-corrected chi connectivity index (χ4v) is 16.4. The van der Waals surface area contributed by atoms with Gasteiger partial charge in [0.15, 0.2) is 0 Å². The second-order valence-corrected chi connectivity index (χ2v) is 32.2. The lowest BCUT2D eigenvalue weighted by molar-refractivity contribution is 0.101. The number of aliphatic hydroxyl groups is 1. The highest BCUT2D eigenvalue weighted by Gasteiger charge is 2.26. The lowest BCUT2D eigenvalue weighted by atomic mass is 10.0. The van der Waals surface area contributed by atoms with Crippen LogP contribution >= 0.6 is 0 Å². The minimum Gasteiger partial charge on any atom is -0.497 e. The summed E-state index contributed by atoms with van der Waals surface area (Å²) in [6.45, 7) is 5.42. The number of aromatic nitrogens is 18. The van der Waals surface area contributed by atoms with Gasteiger partial charge < -0.3 is 42.3 Å². The number of hydrogen-bond donors (Lipinski definition) is 5. The van der Waals surface area contributed by atoms with Gasteiger partial charge in [0.2, 0.25) is 35.6 Å². The maximum absolute atomic E-state index is 13.3. The number of rotatable bonds is 3. The summed E-state index contributed by atoms with van der Waals surface area (Å²) in [4.78, 5) is 121. The summed E-state index contributed by atoms with van der Waals surface area (Å²) in [5.41, 5.74) is 14.6. The number of fused-ring (bicyclic) bond motifs is 34. The molecule has 0 spiro atoms. The van der Waals surface area contributed by atoms with E-state index in [4.69, 9.17) is 29.0 Å². The molecule has 0 radical (unpaired) electrons. The highest BCUT2D eigenvalue weighted by atomic mass is 16.5. The van der Waals surface area contributed by atoms with E-state index in [2.05, 4.69) is 62.7 Å². The van der Waals surface area contributed by atoms with Crippen molar-refractivity contribution in [2.45, 2.75) is 84.3 Å². The Hall–Kier alpha value is -17.6. The number of ether oxygens (including phenoxy) is 4. The third-order valence-corrected chi connectivity index (χ3v) is 23.2. The van der Waals surface area contributed by atoms with E-state index in [0.29, 0.717) is 126 Å². The number of carbonyl (C=O) groups is 4. The number of para-hydroxylation sites is 4. The van der Waals surface area contributed by atoms with Crippen LogP contribution in [-0.4, -0.2) is 149 Å². The molecule has 18 aromatic rings. The molecule has 1 unspecified atom stereocenters. The van der Waals surface area contributed by atoms with Crippen molar-refractivity contribution < 1.29 is 43.2 Å². The number of carbonyl (C=O) groups excluding carboxylic acids is 4. The maximum atomic E-state index is 13.3. The van der Waals surface area contributed by atoms with Crippen LogP contribution in [0, 0.1) is 0 Å². The van der Waals surface area contributed by atoms with Gasteiger partial charge in [-0.2, -0.15) is 15.3 Å². The molecule has 0 saturated heterocycles. The van der Waals surface area contributed by atoms with Crippen LogP contribution in [0.3, 0.4) is 0 Å². The Bertz CT molecular complexity index is 7930. The first kappa shape index (κ1) is 86.7. The Morgan fingerprint density at radius 2 is 0.859 bits per heavy atom. The molecule has 135 heavy (non-hydrogen) atoms. The molecule has 0 saturated carbocycles. The maximum Gasteiger partial charge on any atom is 0.267 e. The SMILES string of the molecule is CC[C@H]1c2cccc(c2)C(=O)Nc2nc3ccccc3n2Cc2cccc(c2)-c2ccc(=O)n1n2.COc1ccc2c(c1)nc1n2CC(O)CCOc2ccc(=O)n(n2)Cc2cccc(c2)C(=O)N1.COc1ccc2c(c1)nc1n2CCn2cc(cn2)-c2ccc(=O)n(n2)Cc2cccc(c2)C(=O)N1.O=C1Nc2nc3ccccc3n2C/C=C\COc2ccc(=O)n(n2)Cc2cccc1c2. The van der Waals surface area contributed by atoms with Crippen LogP contribution in [0.15, 0.2) is 299 Å². The fraction of sp³-hybridized carbons (Fsp3) is 0.170. The second kappa shape index (κ2) is 38.2. The van der Waals surface area contributed by atoms with Gasteiger partial charge in [-0.3, -0.25) is 64.3 Å². The molecule has 0 aliphatic carbocycles. The summed E-state index contributed by atoms with van der Waals surface area (Å²) >= 11 is 0. The smallest absolute Gasteiger partial charge is 0.267 e. The summed E-state index contributed by atoms with van der Waals surface area (Å²) in [5.74, 6) is 2.51. The number of aliphatic hydroxyl groups excluding tert-OH is 1. The zero-order valence-electron chi connectivity index (χ0n) is 73.1. The minimum atomic E-state index is -0.780. The Kier molecular flexibility index (Phi) is 24.5. The summed E-state index contributed by atoms with van der Waals surface area (Å²) in [5, 5.41) is 44.7. The van der Waals surface area contributed by atoms with E-state index in [1.54, 1.807) is 122 Å². The van der Waals surface area contributed by atoms with Crippen molar-refractivity contribution in [1.82, 2.24) is 87.1 Å². The predicted molar refractivity (Wildman–Crippen MR) is 506 cm³/mol. The average Bonchev–Trinajstić information content (AvgIpc) is 1.60. The standard InChI is InChI=1S/C28H23N5O2.C25H21N7O3.C24H23N5O5.C23H19N5O3/c1-2-24-20-9-6-10-21(16-20)27(35)30-28-29-23-11-3-4-12-25(23)32(28)17-18-7-5-8-19(15-18)22-13-14-26(34)33(24)31-22;1-35-19-5-7-22-21(12-19)27-25-28-24(34)17-4-2-3-16(11-17)14-32-23(33)8-6-20(29-32)18-13-26-30(15-18)9-10-31(22)25;1-33-18-5-6-20-19(12-18)25-24-26-23(32)16-4-2-3-15(11-16)13-29-22(31)8-7-21(27-29)34-10-9-17(30)14-28(20)24;29-21-11-10-20-26-28(21)15-16-6-5-7-17(14-16)22(30)25-23-24-18-8-1-2-9-19(18)27(23)12-3-4-13-31-20/h3-16,24H,2,17H2,1H3,(H,29,30,35);2-8,11-13,15H,9-10,14H2,1H3,(H,27,28,34);2-8,11-12,17,30H,9-10,13-14H2,1H3,(H,25,26,32);1-11,14H,12-13,15H2,(H,24,25,30)/b;;;4-3-/t24-;;;/m0.../s1. The largest absolute Gasteiger partial charge is 0.497 e. The quantitative estimate of drug-likeness (QED) is 0.103. The van der Waals surface area contributed by atoms with Gasteiger partial charge in [0.1, 0.15) is 18.1 Å². The first-order chi connectivity index (χ1) is 65.8. The fourth-order valence-electron chi connectivity index (χ4n) is 16.4. The topological polar surface area (TPSA) is 402 Å². The van der Waals surface area contributed by atoms with Crippen LogP contribution in [-0.2, 0) is 52.4 Å². The van der Waals surface area contributed by atoms with E-state index in [9.17, 15) is 43.5 Å². The molecule has 0 fully saturated rings. The van der Waals surface area contributed by atoms with E-state index in [-0.39, 0.29) is 90.6 Å². The van der Waals surface area contributed by atoms with E-state index >= 15 is 0 Å². The lowest BCUT2D eigenvalue weighted by Crippen LogP contribution is -2.27. The van der Waals surface area contributed by atoms with Crippen molar-refractivity contribution in [1.29, 1.82) is 0 Å². The van der Waals surface area contributed by atoms with Crippen LogP contribution in [0.2, 0.25) is 0 Å². The van der Waals surface area contributed by atoms with Gasteiger partial charge in [0.05, 0.1) is 134 Å². The highest BCUT2D eigenvalue weighted by molar-refractivity contribution is 6.07. The number of aryl methyl sites for hydroxylation is 2. The number of amides is 4. The van der Waals surface area contributed by atoms with E-state index < -0.39 is 6.10 Å². The monoisotopic (exact) mass is 1800 g/mol. The van der Waals surface area contributed by atoms with Crippen LogP contribution < -0.4 is 62.5 Å². The zero-order valence-corrected chi connectivity index (χ0v) is 73.1.